The molecule has 23 heavy (non-hydrogen) atoms. The summed E-state index contributed by atoms with van der Waals surface area (Å²) in [6, 6.07) is 9.41. The van der Waals surface area contributed by atoms with Crippen LogP contribution in [0.4, 0.5) is 0 Å². The highest BCUT2D eigenvalue weighted by molar-refractivity contribution is 5.94. The molecule has 118 valence electrons. The molecule has 5 heteroatoms. The van der Waals surface area contributed by atoms with Crippen LogP contribution in [0.2, 0.25) is 0 Å². The fourth-order valence-electron chi connectivity index (χ4n) is 3.35. The Morgan fingerprint density at radius 1 is 1.30 bits per heavy atom. The number of piperidine rings is 1. The van der Waals surface area contributed by atoms with Crippen LogP contribution in [0.15, 0.2) is 30.5 Å². The molecule has 2 heterocycles. The molecule has 0 radical (unpaired) electrons. The standard InChI is InChI=1S/C18H20N4O/c1-13-12-20-14(2)22(13)17-6-8-21(9-7-17)18(23)16-5-3-4-15(10-16)11-19/h3-5,10,12,17H,6-9H2,1-2H3. The number of amides is 1. The van der Waals surface area contributed by atoms with Gasteiger partial charge in [0.1, 0.15) is 5.82 Å². The lowest BCUT2D eigenvalue weighted by molar-refractivity contribution is 0.0693. The minimum atomic E-state index is 0.0135. The van der Waals surface area contributed by atoms with Crippen molar-refractivity contribution < 1.29 is 4.79 Å². The summed E-state index contributed by atoms with van der Waals surface area (Å²) >= 11 is 0. The van der Waals surface area contributed by atoms with E-state index in [2.05, 4.69) is 22.5 Å². The fourth-order valence-corrected chi connectivity index (χ4v) is 3.35. The van der Waals surface area contributed by atoms with E-state index in [1.165, 1.54) is 5.69 Å². The summed E-state index contributed by atoms with van der Waals surface area (Å²) in [5, 5.41) is 8.96. The molecule has 1 aromatic heterocycles. The van der Waals surface area contributed by atoms with Gasteiger partial charge in [-0.2, -0.15) is 5.26 Å². The van der Waals surface area contributed by atoms with E-state index < -0.39 is 0 Å². The van der Waals surface area contributed by atoms with Gasteiger partial charge in [-0.15, -0.1) is 0 Å². The van der Waals surface area contributed by atoms with Gasteiger partial charge in [-0.1, -0.05) is 6.07 Å². The van der Waals surface area contributed by atoms with Crippen molar-refractivity contribution in [2.45, 2.75) is 32.7 Å². The van der Waals surface area contributed by atoms with Crippen molar-refractivity contribution in [3.63, 3.8) is 0 Å². The van der Waals surface area contributed by atoms with Crippen LogP contribution >= 0.6 is 0 Å². The number of likely N-dealkylation sites (tertiary alicyclic amines) is 1. The maximum Gasteiger partial charge on any atom is 0.253 e. The molecule has 1 amide bonds. The quantitative estimate of drug-likeness (QED) is 0.857. The van der Waals surface area contributed by atoms with Crippen molar-refractivity contribution in [1.82, 2.24) is 14.5 Å². The minimum Gasteiger partial charge on any atom is -0.338 e. The third-order valence-electron chi connectivity index (χ3n) is 4.52. The molecular formula is C18H20N4O. The molecule has 0 N–H and O–H groups in total. The molecule has 1 saturated heterocycles. The summed E-state index contributed by atoms with van der Waals surface area (Å²) < 4.78 is 2.28. The van der Waals surface area contributed by atoms with Crippen molar-refractivity contribution in [2.24, 2.45) is 0 Å². The third-order valence-corrected chi connectivity index (χ3v) is 4.52. The van der Waals surface area contributed by atoms with Gasteiger partial charge in [0.05, 0.1) is 11.6 Å². The average molecular weight is 308 g/mol. The Kier molecular flexibility index (Phi) is 4.16. The summed E-state index contributed by atoms with van der Waals surface area (Å²) in [6.45, 7) is 5.57. The van der Waals surface area contributed by atoms with E-state index in [-0.39, 0.29) is 5.91 Å². The van der Waals surface area contributed by atoms with E-state index in [1.807, 2.05) is 18.0 Å². The number of aromatic nitrogens is 2. The second kappa shape index (κ2) is 6.25. The number of benzene rings is 1. The van der Waals surface area contributed by atoms with Gasteiger partial charge in [0.15, 0.2) is 0 Å². The van der Waals surface area contributed by atoms with Gasteiger partial charge < -0.3 is 9.47 Å². The van der Waals surface area contributed by atoms with Crippen LogP contribution in [0, 0.1) is 25.2 Å². The number of nitrogens with zero attached hydrogens (tertiary/aromatic N) is 4. The molecule has 0 atom stereocenters. The normalized spacial score (nSPS) is 15.4. The average Bonchev–Trinajstić information content (AvgIpc) is 2.93. The van der Waals surface area contributed by atoms with Gasteiger partial charge in [-0.05, 0) is 44.9 Å². The van der Waals surface area contributed by atoms with Gasteiger partial charge >= 0.3 is 0 Å². The highest BCUT2D eigenvalue weighted by atomic mass is 16.2. The summed E-state index contributed by atoms with van der Waals surface area (Å²) in [6.07, 6.45) is 3.77. The largest absolute Gasteiger partial charge is 0.338 e. The second-order valence-corrected chi connectivity index (χ2v) is 6.03. The maximum absolute atomic E-state index is 12.6. The molecule has 5 nitrogen and oxygen atoms in total. The number of aryl methyl sites for hydroxylation is 2. The van der Waals surface area contributed by atoms with Gasteiger partial charge in [-0.3, -0.25) is 4.79 Å². The topological polar surface area (TPSA) is 61.9 Å². The molecule has 1 aliphatic rings. The Labute approximate surface area is 136 Å². The Morgan fingerprint density at radius 2 is 2.04 bits per heavy atom. The molecule has 0 bridgehead atoms. The number of carbonyl (C=O) groups is 1. The first kappa shape index (κ1) is 15.3. The van der Waals surface area contributed by atoms with E-state index in [0.717, 1.165) is 31.8 Å². The number of imidazole rings is 1. The molecule has 3 rings (SSSR count). The molecule has 0 aliphatic carbocycles. The Morgan fingerprint density at radius 3 is 2.65 bits per heavy atom. The van der Waals surface area contributed by atoms with Crippen molar-refractivity contribution in [3.8, 4) is 6.07 Å². The van der Waals surface area contributed by atoms with Crippen LogP contribution < -0.4 is 0 Å². The van der Waals surface area contributed by atoms with E-state index in [1.54, 1.807) is 24.3 Å². The van der Waals surface area contributed by atoms with Crippen molar-refractivity contribution >= 4 is 5.91 Å². The first-order valence-electron chi connectivity index (χ1n) is 7.90. The summed E-state index contributed by atoms with van der Waals surface area (Å²) in [5.41, 5.74) is 2.29. The molecule has 2 aromatic rings. The van der Waals surface area contributed by atoms with Crippen LogP contribution in [0.25, 0.3) is 0 Å². The fraction of sp³-hybridized carbons (Fsp3) is 0.389. The Bertz CT molecular complexity index is 744. The first-order valence-corrected chi connectivity index (χ1v) is 7.90. The van der Waals surface area contributed by atoms with Crippen molar-refractivity contribution in [3.05, 3.63) is 53.1 Å². The van der Waals surface area contributed by atoms with Gasteiger partial charge in [0, 0.05) is 36.6 Å². The molecular weight excluding hydrogens is 288 g/mol. The number of carbonyl (C=O) groups excluding carboxylic acids is 1. The lowest BCUT2D eigenvalue weighted by Gasteiger charge is -2.33. The minimum absolute atomic E-state index is 0.0135. The molecule has 1 aromatic carbocycles. The summed E-state index contributed by atoms with van der Waals surface area (Å²) in [4.78, 5) is 18.8. The van der Waals surface area contributed by atoms with Crippen LogP contribution in [-0.2, 0) is 0 Å². The molecule has 0 unspecified atom stereocenters. The highest BCUT2D eigenvalue weighted by Crippen LogP contribution is 2.26. The maximum atomic E-state index is 12.6. The lowest BCUT2D eigenvalue weighted by Crippen LogP contribution is -2.39. The highest BCUT2D eigenvalue weighted by Gasteiger charge is 2.26. The number of nitriles is 1. The van der Waals surface area contributed by atoms with Crippen LogP contribution in [0.3, 0.4) is 0 Å². The number of hydrogen-bond donors (Lipinski definition) is 0. The number of rotatable bonds is 2. The summed E-state index contributed by atoms with van der Waals surface area (Å²) in [5.74, 6) is 1.05. The molecule has 0 spiro atoms. The lowest BCUT2D eigenvalue weighted by atomic mass is 10.0. The van der Waals surface area contributed by atoms with Crippen LogP contribution in [0.1, 0.15) is 46.3 Å². The first-order chi connectivity index (χ1) is 11.1. The molecule has 1 fully saturated rings. The monoisotopic (exact) mass is 308 g/mol. The van der Waals surface area contributed by atoms with Crippen molar-refractivity contribution in [1.29, 1.82) is 5.26 Å². The van der Waals surface area contributed by atoms with Crippen molar-refractivity contribution in [2.75, 3.05) is 13.1 Å². The van der Waals surface area contributed by atoms with E-state index in [4.69, 9.17) is 5.26 Å². The Hall–Kier alpha value is -2.61. The van der Waals surface area contributed by atoms with E-state index in [0.29, 0.717) is 17.2 Å². The molecule has 0 saturated carbocycles. The van der Waals surface area contributed by atoms with Crippen LogP contribution in [-0.4, -0.2) is 33.4 Å². The predicted octanol–water partition coefficient (Wildman–Crippen LogP) is 2.85. The van der Waals surface area contributed by atoms with E-state index >= 15 is 0 Å². The van der Waals surface area contributed by atoms with Gasteiger partial charge in [0.2, 0.25) is 0 Å². The predicted molar refractivity (Wildman–Crippen MR) is 87.0 cm³/mol. The van der Waals surface area contributed by atoms with E-state index in [9.17, 15) is 4.79 Å². The number of hydrogen-bond acceptors (Lipinski definition) is 3. The van der Waals surface area contributed by atoms with Gasteiger partial charge in [-0.25, -0.2) is 4.98 Å². The molecule has 1 aliphatic heterocycles. The zero-order valence-corrected chi connectivity index (χ0v) is 13.5. The second-order valence-electron chi connectivity index (χ2n) is 6.03. The van der Waals surface area contributed by atoms with Gasteiger partial charge in [0.25, 0.3) is 5.91 Å². The SMILES string of the molecule is Cc1cnc(C)n1C1CCN(C(=O)c2cccc(C#N)c2)CC1. The van der Waals surface area contributed by atoms with Crippen LogP contribution in [0.5, 0.6) is 0 Å². The summed E-state index contributed by atoms with van der Waals surface area (Å²) in [7, 11) is 0. The smallest absolute Gasteiger partial charge is 0.253 e. The third kappa shape index (κ3) is 2.98. The zero-order chi connectivity index (χ0) is 16.4. The zero-order valence-electron chi connectivity index (χ0n) is 13.5. The Balaban J connectivity index is 1.69.